The summed E-state index contributed by atoms with van der Waals surface area (Å²) in [5.41, 5.74) is 4.20. The molecule has 2 aliphatic rings. The van der Waals surface area contributed by atoms with Crippen molar-refractivity contribution < 1.29 is 14.3 Å². The quantitative estimate of drug-likeness (QED) is 0.380. The van der Waals surface area contributed by atoms with E-state index in [-0.39, 0.29) is 30.4 Å². The molecule has 1 aliphatic heterocycles. The van der Waals surface area contributed by atoms with E-state index in [0.29, 0.717) is 24.6 Å². The van der Waals surface area contributed by atoms with Crippen LogP contribution in [-0.2, 0) is 11.2 Å². The molecule has 188 valence electrons. The van der Waals surface area contributed by atoms with Crippen LogP contribution in [0.4, 0.5) is 0 Å². The fourth-order valence-electron chi connectivity index (χ4n) is 4.85. The third-order valence-electron chi connectivity index (χ3n) is 7.22. The maximum absolute atomic E-state index is 13.7. The van der Waals surface area contributed by atoms with Crippen LogP contribution in [0.2, 0.25) is 0 Å². The van der Waals surface area contributed by atoms with Crippen molar-refractivity contribution in [2.75, 3.05) is 19.7 Å². The molecule has 5 nitrogen and oxygen atoms in total. The molecule has 0 bridgehead atoms. The highest BCUT2D eigenvalue weighted by molar-refractivity contribution is 7.10. The molecule has 0 radical (unpaired) electrons. The first-order valence-corrected chi connectivity index (χ1v) is 13.7. The summed E-state index contributed by atoms with van der Waals surface area (Å²) in [4.78, 5) is 32.0. The highest BCUT2D eigenvalue weighted by atomic mass is 32.1. The number of rotatable bonds is 8. The van der Waals surface area contributed by atoms with Crippen LogP contribution in [0.5, 0.6) is 5.75 Å². The van der Waals surface area contributed by atoms with Crippen LogP contribution in [0.15, 0.2) is 60.0 Å². The molecule has 5 rings (SSSR count). The summed E-state index contributed by atoms with van der Waals surface area (Å²) in [5, 5.41) is 2.10. The standard InChI is InChI=1S/C30H34N2O3S/c1-20(2)22-8-12-25(13-9-22)35-19-27-26-15-17-36-28(26)14-16-31(27)29(33)18-32(24-10-11-24)30(34)23-6-4-21(3)5-7-23/h4-9,12-13,15,17,20,24,27H,10-11,14,16,18-19H2,1-3H3/t27-/m0/s1. The lowest BCUT2D eigenvalue weighted by Crippen LogP contribution is -2.48. The average molecular weight is 503 g/mol. The highest BCUT2D eigenvalue weighted by Crippen LogP contribution is 2.35. The summed E-state index contributed by atoms with van der Waals surface area (Å²) in [7, 11) is 0. The number of nitrogens with zero attached hydrogens (tertiary/aromatic N) is 2. The number of carbonyl (C=O) groups is 2. The number of aryl methyl sites for hydroxylation is 1. The van der Waals surface area contributed by atoms with Gasteiger partial charge in [0.05, 0.1) is 6.04 Å². The molecule has 0 saturated heterocycles. The van der Waals surface area contributed by atoms with Gasteiger partial charge in [0.1, 0.15) is 18.9 Å². The number of hydrogen-bond acceptors (Lipinski definition) is 4. The van der Waals surface area contributed by atoms with E-state index in [0.717, 1.165) is 30.6 Å². The van der Waals surface area contributed by atoms with Gasteiger partial charge in [-0.3, -0.25) is 9.59 Å². The van der Waals surface area contributed by atoms with E-state index in [9.17, 15) is 9.59 Å². The third-order valence-corrected chi connectivity index (χ3v) is 8.22. The number of amides is 2. The number of benzene rings is 2. The highest BCUT2D eigenvalue weighted by Gasteiger charge is 2.38. The van der Waals surface area contributed by atoms with E-state index in [4.69, 9.17) is 4.74 Å². The van der Waals surface area contributed by atoms with Crippen molar-refractivity contribution in [3.05, 3.63) is 87.1 Å². The maximum atomic E-state index is 13.7. The Morgan fingerprint density at radius 2 is 1.78 bits per heavy atom. The first kappa shape index (κ1) is 24.6. The zero-order valence-corrected chi connectivity index (χ0v) is 22.1. The van der Waals surface area contributed by atoms with Gasteiger partial charge in [0, 0.05) is 23.0 Å². The molecule has 3 aromatic rings. The Bertz CT molecular complexity index is 1210. The van der Waals surface area contributed by atoms with Crippen molar-refractivity contribution in [1.29, 1.82) is 0 Å². The van der Waals surface area contributed by atoms with E-state index in [1.165, 1.54) is 16.0 Å². The second-order valence-corrected chi connectivity index (χ2v) is 11.2. The Balaban J connectivity index is 1.32. The van der Waals surface area contributed by atoms with E-state index in [1.54, 1.807) is 16.2 Å². The largest absolute Gasteiger partial charge is 0.491 e. The molecule has 1 saturated carbocycles. The molecule has 1 fully saturated rings. The Labute approximate surface area is 217 Å². The van der Waals surface area contributed by atoms with Gasteiger partial charge in [-0.1, -0.05) is 43.7 Å². The molecule has 0 unspecified atom stereocenters. The van der Waals surface area contributed by atoms with Gasteiger partial charge in [-0.25, -0.2) is 0 Å². The van der Waals surface area contributed by atoms with Crippen LogP contribution in [0.1, 0.15) is 70.6 Å². The van der Waals surface area contributed by atoms with Gasteiger partial charge in [0.25, 0.3) is 5.91 Å². The topological polar surface area (TPSA) is 49.9 Å². The molecule has 2 aromatic carbocycles. The van der Waals surface area contributed by atoms with E-state index in [2.05, 4.69) is 37.4 Å². The smallest absolute Gasteiger partial charge is 0.254 e. The predicted octanol–water partition coefficient (Wildman–Crippen LogP) is 5.99. The van der Waals surface area contributed by atoms with Crippen molar-refractivity contribution >= 4 is 23.2 Å². The molecule has 2 heterocycles. The molecule has 1 aromatic heterocycles. The summed E-state index contributed by atoms with van der Waals surface area (Å²) in [5.74, 6) is 1.21. The normalized spacial score (nSPS) is 17.1. The second-order valence-electron chi connectivity index (χ2n) is 10.2. The van der Waals surface area contributed by atoms with E-state index in [1.807, 2.05) is 48.2 Å². The van der Waals surface area contributed by atoms with Crippen LogP contribution in [0.25, 0.3) is 0 Å². The fraction of sp³-hybridized carbons (Fsp3) is 0.400. The van der Waals surface area contributed by atoms with Crippen molar-refractivity contribution in [2.45, 2.75) is 58.0 Å². The third kappa shape index (κ3) is 5.34. The Kier molecular flexibility index (Phi) is 7.15. The number of ether oxygens (including phenoxy) is 1. The monoisotopic (exact) mass is 502 g/mol. The minimum atomic E-state index is -0.159. The lowest BCUT2D eigenvalue weighted by Gasteiger charge is -2.37. The lowest BCUT2D eigenvalue weighted by molar-refractivity contribution is -0.135. The SMILES string of the molecule is Cc1ccc(C(=O)N(CC(=O)N2CCc3sccc3[C@@H]2COc2ccc(C(C)C)cc2)C2CC2)cc1. The van der Waals surface area contributed by atoms with Gasteiger partial charge in [-0.2, -0.15) is 0 Å². The molecular weight excluding hydrogens is 468 g/mol. The average Bonchev–Trinajstić information content (AvgIpc) is 3.61. The van der Waals surface area contributed by atoms with Crippen LogP contribution in [-0.4, -0.2) is 47.4 Å². The maximum Gasteiger partial charge on any atom is 0.254 e. The van der Waals surface area contributed by atoms with Crippen LogP contribution in [0, 0.1) is 6.92 Å². The molecular formula is C30H34N2O3S. The van der Waals surface area contributed by atoms with Crippen molar-refractivity contribution in [2.24, 2.45) is 0 Å². The number of fused-ring (bicyclic) bond motifs is 1. The zero-order chi connectivity index (χ0) is 25.2. The van der Waals surface area contributed by atoms with Gasteiger partial charge < -0.3 is 14.5 Å². The molecule has 1 atom stereocenters. The Morgan fingerprint density at radius 1 is 1.06 bits per heavy atom. The summed E-state index contributed by atoms with van der Waals surface area (Å²) in [6.07, 6.45) is 2.75. The minimum absolute atomic E-state index is 0.0111. The summed E-state index contributed by atoms with van der Waals surface area (Å²) < 4.78 is 6.21. The predicted molar refractivity (Wildman–Crippen MR) is 144 cm³/mol. The van der Waals surface area contributed by atoms with Gasteiger partial charge in [0.2, 0.25) is 5.91 Å². The summed E-state index contributed by atoms with van der Waals surface area (Å²) >= 11 is 1.74. The summed E-state index contributed by atoms with van der Waals surface area (Å²) in [6, 6.07) is 17.9. The van der Waals surface area contributed by atoms with E-state index < -0.39 is 0 Å². The Morgan fingerprint density at radius 3 is 2.44 bits per heavy atom. The first-order chi connectivity index (χ1) is 17.4. The lowest BCUT2D eigenvalue weighted by atomic mass is 10.00. The summed E-state index contributed by atoms with van der Waals surface area (Å²) in [6.45, 7) is 7.50. The van der Waals surface area contributed by atoms with Crippen LogP contribution >= 0.6 is 11.3 Å². The molecule has 6 heteroatoms. The van der Waals surface area contributed by atoms with Crippen LogP contribution < -0.4 is 4.74 Å². The second kappa shape index (κ2) is 10.5. The molecule has 0 N–H and O–H groups in total. The van der Waals surface area contributed by atoms with Gasteiger partial charge in [-0.15, -0.1) is 11.3 Å². The molecule has 1 aliphatic carbocycles. The van der Waals surface area contributed by atoms with Crippen molar-refractivity contribution in [1.82, 2.24) is 9.80 Å². The van der Waals surface area contributed by atoms with Crippen LogP contribution in [0.3, 0.4) is 0 Å². The Hall–Kier alpha value is -3.12. The zero-order valence-electron chi connectivity index (χ0n) is 21.3. The van der Waals surface area contributed by atoms with Gasteiger partial charge in [-0.05, 0) is 78.9 Å². The van der Waals surface area contributed by atoms with Crippen molar-refractivity contribution in [3.8, 4) is 5.75 Å². The minimum Gasteiger partial charge on any atom is -0.491 e. The van der Waals surface area contributed by atoms with E-state index >= 15 is 0 Å². The fourth-order valence-corrected chi connectivity index (χ4v) is 5.78. The number of thiophene rings is 1. The van der Waals surface area contributed by atoms with Gasteiger partial charge >= 0.3 is 0 Å². The molecule has 36 heavy (non-hydrogen) atoms. The number of carbonyl (C=O) groups excluding carboxylic acids is 2. The molecule has 0 spiro atoms. The molecule has 2 amide bonds. The first-order valence-electron chi connectivity index (χ1n) is 12.9. The van der Waals surface area contributed by atoms with Gasteiger partial charge in [0.15, 0.2) is 0 Å². The van der Waals surface area contributed by atoms with Crippen molar-refractivity contribution in [3.63, 3.8) is 0 Å². The number of hydrogen-bond donors (Lipinski definition) is 0.